The zero-order valence-electron chi connectivity index (χ0n) is 7.36. The van der Waals surface area contributed by atoms with Gasteiger partial charge < -0.3 is 5.48 Å². The van der Waals surface area contributed by atoms with Crippen LogP contribution in [0.15, 0.2) is 24.3 Å². The van der Waals surface area contributed by atoms with Crippen LogP contribution in [-0.4, -0.2) is 10.5 Å². The molecule has 0 aliphatic heterocycles. The second-order valence-electron chi connectivity index (χ2n) is 2.49. The Kier molecular flexibility index (Phi) is 5.47. The Balaban J connectivity index is 0.00000196. The maximum absolute atomic E-state index is 12.1. The van der Waals surface area contributed by atoms with Crippen LogP contribution in [0.1, 0.15) is 11.1 Å². The van der Waals surface area contributed by atoms with E-state index in [1.54, 1.807) is 12.2 Å². The normalized spacial score (nSPS) is 11.3. The van der Waals surface area contributed by atoms with Crippen molar-refractivity contribution in [1.29, 1.82) is 0 Å². The molecule has 0 atom stereocenters. The van der Waals surface area contributed by atoms with Crippen LogP contribution < -0.4 is 0 Å². The first kappa shape index (κ1) is 14.1. The molecule has 0 heterocycles. The number of hydrogen-bond donors (Lipinski definition) is 0. The Morgan fingerprint density at radius 3 is 2.33 bits per heavy atom. The van der Waals surface area contributed by atoms with E-state index in [9.17, 15) is 13.2 Å². The van der Waals surface area contributed by atoms with E-state index in [4.69, 9.17) is 0 Å². The number of halogens is 3. The van der Waals surface area contributed by atoms with Gasteiger partial charge in [0.05, 0.1) is 0 Å². The van der Waals surface area contributed by atoms with E-state index < -0.39 is 11.7 Å². The van der Waals surface area contributed by atoms with E-state index >= 15 is 0 Å². The summed E-state index contributed by atoms with van der Waals surface area (Å²) in [5.74, 6) is 0. The van der Waals surface area contributed by atoms with Gasteiger partial charge in [0.15, 0.2) is 0 Å². The Bertz CT molecular complexity index is 341. The monoisotopic (exact) mass is 258 g/mol. The summed E-state index contributed by atoms with van der Waals surface area (Å²) in [5, 5.41) is 0. The molecule has 0 spiro atoms. The Morgan fingerprint density at radius 1 is 1.27 bits per heavy atom. The molecule has 0 aromatic heterocycles. The van der Waals surface area contributed by atoms with E-state index in [0.29, 0.717) is 5.56 Å². The van der Waals surface area contributed by atoms with E-state index in [1.165, 1.54) is 11.1 Å². The molecule has 1 nitrogen and oxygen atoms in total. The van der Waals surface area contributed by atoms with Gasteiger partial charge in [-0.15, -0.1) is 0 Å². The standard InChI is InChI=1S/C10H6F3.Ni.H2O/c1-2-3-8-4-6-9(7-5-8)10(11,12)13;;/h1-4,6-7H;;1H2/q-1;;/p-1/b3-2-;;. The molecular weight excluding hydrogens is 252 g/mol. The summed E-state index contributed by atoms with van der Waals surface area (Å²) in [7, 11) is 0. The Hall–Kier alpha value is -0.926. The van der Waals surface area contributed by atoms with E-state index in [2.05, 4.69) is 21.1 Å². The minimum absolute atomic E-state index is 0. The molecule has 0 unspecified atom stereocenters. The number of hydrogen-bond acceptors (Lipinski definition) is 1. The molecule has 0 fully saturated rings. The van der Waals surface area contributed by atoms with Crippen LogP contribution in [0.4, 0.5) is 13.2 Å². The fourth-order valence-electron chi connectivity index (χ4n) is 0.851. The minimum Gasteiger partial charge on any atom is -0.870 e. The topological polar surface area (TPSA) is 30.0 Å². The summed E-state index contributed by atoms with van der Waals surface area (Å²) >= 11 is 4.26. The third-order valence-corrected chi connectivity index (χ3v) is 1.69. The van der Waals surface area contributed by atoms with Gasteiger partial charge in [-0.1, -0.05) is 0 Å². The van der Waals surface area contributed by atoms with Gasteiger partial charge in [-0.3, -0.25) is 0 Å². The zero-order chi connectivity index (χ0) is 10.6. The molecule has 0 saturated carbocycles. The number of alkyl halides is 3. The number of allylic oxidation sites excluding steroid dienone is 1. The van der Waals surface area contributed by atoms with Crippen LogP contribution in [0.2, 0.25) is 0 Å². The predicted octanol–water partition coefficient (Wildman–Crippen LogP) is 2.69. The second-order valence-corrected chi connectivity index (χ2v) is 2.82. The predicted molar refractivity (Wildman–Crippen MR) is 47.3 cm³/mol. The Morgan fingerprint density at radius 2 is 1.93 bits per heavy atom. The van der Waals surface area contributed by atoms with Gasteiger partial charge >= 0.3 is 86.9 Å². The molecular formula is C10H7F3NiO-2. The van der Waals surface area contributed by atoms with Crippen molar-refractivity contribution in [3.63, 3.8) is 0 Å². The molecule has 0 bridgehead atoms. The molecule has 1 aromatic carbocycles. The first-order chi connectivity index (χ1) is 6.54. The average molecular weight is 259 g/mol. The smallest absolute Gasteiger partial charge is 0.870 e. The molecule has 1 aromatic rings. The average Bonchev–Trinajstić information content (AvgIpc) is 2.14. The summed E-state index contributed by atoms with van der Waals surface area (Å²) < 4.78 is 36.3. The summed E-state index contributed by atoms with van der Waals surface area (Å²) in [5.41, 5.74) is -0.119. The van der Waals surface area contributed by atoms with Gasteiger partial charge in [-0.2, -0.15) is 0 Å². The number of benzene rings is 1. The van der Waals surface area contributed by atoms with Crippen molar-refractivity contribution in [2.75, 3.05) is 0 Å². The van der Waals surface area contributed by atoms with Crippen LogP contribution in [0, 0.1) is 6.07 Å². The van der Waals surface area contributed by atoms with Crippen molar-refractivity contribution in [3.8, 4) is 0 Å². The maximum atomic E-state index is 12.1. The van der Waals surface area contributed by atoms with Crippen molar-refractivity contribution in [2.45, 2.75) is 6.18 Å². The van der Waals surface area contributed by atoms with Crippen LogP contribution >= 0.6 is 0 Å². The SMILES string of the molecule is FC(F)(F)c1c[c-]c(/C=C\[CH]=[Ni])cc1.[OH-]. The quantitative estimate of drug-likeness (QED) is 0.593. The molecule has 0 saturated heterocycles. The molecule has 5 heteroatoms. The van der Waals surface area contributed by atoms with E-state index in [-0.39, 0.29) is 5.48 Å². The third-order valence-electron chi connectivity index (χ3n) is 1.50. The van der Waals surface area contributed by atoms with Gasteiger partial charge in [-0.25, -0.2) is 0 Å². The van der Waals surface area contributed by atoms with Crippen molar-refractivity contribution in [2.24, 2.45) is 0 Å². The van der Waals surface area contributed by atoms with Crippen molar-refractivity contribution >= 4 is 11.1 Å². The minimum atomic E-state index is -4.30. The summed E-state index contributed by atoms with van der Waals surface area (Å²) in [6, 6.07) is 5.80. The van der Waals surface area contributed by atoms with Gasteiger partial charge in [0.2, 0.25) is 0 Å². The van der Waals surface area contributed by atoms with Gasteiger partial charge in [-0.05, 0) is 0 Å². The first-order valence-corrected chi connectivity index (χ1v) is 4.26. The Labute approximate surface area is 92.8 Å². The van der Waals surface area contributed by atoms with Crippen molar-refractivity contribution in [3.05, 3.63) is 41.5 Å². The van der Waals surface area contributed by atoms with Gasteiger partial charge in [0, 0.05) is 0 Å². The summed E-state index contributed by atoms with van der Waals surface area (Å²) in [4.78, 5) is 1.42. The molecule has 1 rings (SSSR count). The van der Waals surface area contributed by atoms with Crippen LogP contribution in [0.5, 0.6) is 0 Å². The van der Waals surface area contributed by atoms with Crippen LogP contribution in [0.25, 0.3) is 6.08 Å². The zero-order valence-corrected chi connectivity index (χ0v) is 8.35. The van der Waals surface area contributed by atoms with Crippen LogP contribution in [0.3, 0.4) is 0 Å². The second kappa shape index (κ2) is 5.83. The van der Waals surface area contributed by atoms with Crippen LogP contribution in [-0.2, 0) is 21.2 Å². The van der Waals surface area contributed by atoms with Gasteiger partial charge in [0.1, 0.15) is 0 Å². The van der Waals surface area contributed by atoms with Crippen molar-refractivity contribution < 1.29 is 33.7 Å². The van der Waals surface area contributed by atoms with E-state index in [0.717, 1.165) is 12.1 Å². The van der Waals surface area contributed by atoms with Crippen molar-refractivity contribution in [1.82, 2.24) is 0 Å². The fraction of sp³-hybridized carbons (Fsp3) is 0.100. The largest absolute Gasteiger partial charge is 0.870 e. The van der Waals surface area contributed by atoms with E-state index in [1.807, 2.05) is 0 Å². The molecule has 0 amide bonds. The third kappa shape index (κ3) is 4.41. The first-order valence-electron chi connectivity index (χ1n) is 3.69. The molecule has 15 heavy (non-hydrogen) atoms. The molecule has 0 radical (unpaired) electrons. The maximum Gasteiger partial charge on any atom is -0.870 e. The molecule has 1 N–H and O–H groups in total. The summed E-state index contributed by atoms with van der Waals surface area (Å²) in [6.07, 6.45) is -1.12. The molecule has 0 aliphatic carbocycles. The fourth-order valence-corrected chi connectivity index (χ4v) is 0.946. The molecule has 0 aliphatic rings. The number of rotatable bonds is 2. The molecule has 86 valence electrons. The summed E-state index contributed by atoms with van der Waals surface area (Å²) in [6.45, 7) is 0. The van der Waals surface area contributed by atoms with Gasteiger partial charge in [0.25, 0.3) is 0 Å².